The number of ether oxygens (including phenoxy) is 3. The number of Topliss-reactive ketones (excluding diaryl/α,β-unsaturated/α-hetero) is 2. The van der Waals surface area contributed by atoms with Crippen LogP contribution in [-0.2, 0) is 38.2 Å². The van der Waals surface area contributed by atoms with Crippen LogP contribution in [0.2, 0.25) is 0 Å². The third-order valence-electron chi connectivity index (χ3n) is 10.7. The van der Waals surface area contributed by atoms with Crippen molar-refractivity contribution in [2.24, 2.45) is 39.4 Å². The molecule has 3 saturated carbocycles. The summed E-state index contributed by atoms with van der Waals surface area (Å²) in [6.45, 7) is 14.9. The quantitative estimate of drug-likeness (QED) is 0.231. The highest BCUT2D eigenvalue weighted by Crippen LogP contribution is 2.72. The molecule has 0 aromatic carbocycles. The average Bonchev–Trinajstić information content (AvgIpc) is 2.80. The zero-order valence-electron chi connectivity index (χ0n) is 23.2. The summed E-state index contributed by atoms with van der Waals surface area (Å²) < 4.78 is 16.1. The predicted octanol–water partition coefficient (Wildman–Crippen LogP) is 1.54. The van der Waals surface area contributed by atoms with Gasteiger partial charge >= 0.3 is 17.9 Å². The number of methoxy groups -OCH3 is 1. The van der Waals surface area contributed by atoms with Crippen molar-refractivity contribution in [3.63, 3.8) is 0 Å². The number of ketones is 2. The van der Waals surface area contributed by atoms with Gasteiger partial charge in [-0.2, -0.15) is 0 Å². The lowest BCUT2D eigenvalue weighted by atomic mass is 9.33. The Bertz CT molecular complexity index is 1160. The summed E-state index contributed by atoms with van der Waals surface area (Å²) in [5.74, 6) is -6.46. The number of hydrogen-bond acceptors (Lipinski definition) is 10. The van der Waals surface area contributed by atoms with Crippen molar-refractivity contribution in [3.05, 3.63) is 12.2 Å². The van der Waals surface area contributed by atoms with E-state index >= 15 is 0 Å². The molecule has 10 heteroatoms. The van der Waals surface area contributed by atoms with Crippen LogP contribution in [0.4, 0.5) is 0 Å². The molecule has 1 aliphatic heterocycles. The summed E-state index contributed by atoms with van der Waals surface area (Å²) in [6.07, 6.45) is -4.03. The number of hydrogen-bond donors (Lipinski definition) is 2. The van der Waals surface area contributed by atoms with E-state index in [4.69, 9.17) is 14.2 Å². The van der Waals surface area contributed by atoms with E-state index in [1.54, 1.807) is 27.7 Å². The summed E-state index contributed by atoms with van der Waals surface area (Å²) in [5.41, 5.74) is -7.20. The lowest BCUT2D eigenvalue weighted by Gasteiger charge is -2.71. The molecule has 1 heterocycles. The van der Waals surface area contributed by atoms with Gasteiger partial charge in [0.2, 0.25) is 0 Å². The smallest absolute Gasteiger partial charge is 0.358 e. The fraction of sp³-hybridized carbons (Fsp3) is 0.750. The SMILES string of the molecule is C=C1C[C@H]2[C@@](C)([C@@H]3C(=O)O[C@@](C)(C(=O)OC)C(=O)[C@]13C)[C@@H](OC(C)=O)[C@@H](O)[C@H]1C(C)(C)C(=O)C[C@@H](O)[C@@]21C. The Morgan fingerprint density at radius 1 is 1.00 bits per heavy atom. The molecule has 2 N–H and O–H groups in total. The monoisotopic (exact) mass is 534 g/mol. The molecule has 0 unspecified atom stereocenters. The van der Waals surface area contributed by atoms with Crippen LogP contribution in [0.1, 0.15) is 61.3 Å². The van der Waals surface area contributed by atoms with Crippen LogP contribution in [0.5, 0.6) is 0 Å². The van der Waals surface area contributed by atoms with Crippen LogP contribution in [0, 0.1) is 39.4 Å². The normalized spacial score (nSPS) is 47.7. The average molecular weight is 535 g/mol. The highest BCUT2D eigenvalue weighted by Gasteiger charge is 2.79. The molecule has 4 rings (SSSR count). The first-order chi connectivity index (χ1) is 17.3. The molecule has 4 fully saturated rings. The van der Waals surface area contributed by atoms with Crippen molar-refractivity contribution in [2.75, 3.05) is 7.11 Å². The number of esters is 3. The van der Waals surface area contributed by atoms with Crippen molar-refractivity contribution < 1.29 is 48.4 Å². The molecule has 38 heavy (non-hydrogen) atoms. The molecule has 0 bridgehead atoms. The summed E-state index contributed by atoms with van der Waals surface area (Å²) in [5, 5.41) is 23.3. The van der Waals surface area contributed by atoms with E-state index in [9.17, 15) is 34.2 Å². The van der Waals surface area contributed by atoms with E-state index in [1.807, 2.05) is 0 Å². The molecular weight excluding hydrogens is 496 g/mol. The largest absolute Gasteiger partial charge is 0.466 e. The van der Waals surface area contributed by atoms with Gasteiger partial charge in [0.05, 0.1) is 30.7 Å². The van der Waals surface area contributed by atoms with Crippen molar-refractivity contribution in [2.45, 2.75) is 85.2 Å². The summed E-state index contributed by atoms with van der Waals surface area (Å²) in [6, 6.07) is 0. The van der Waals surface area contributed by atoms with Crippen LogP contribution in [-0.4, -0.2) is 70.7 Å². The minimum atomic E-state index is -2.22. The van der Waals surface area contributed by atoms with Crippen LogP contribution >= 0.6 is 0 Å². The van der Waals surface area contributed by atoms with Gasteiger partial charge in [-0.3, -0.25) is 19.2 Å². The number of fused-ring (bicyclic) bond motifs is 5. The number of aliphatic hydroxyl groups excluding tert-OH is 2. The molecule has 0 amide bonds. The van der Waals surface area contributed by atoms with Crippen molar-refractivity contribution in [1.29, 1.82) is 0 Å². The number of carbonyl (C=O) groups is 5. The lowest BCUT2D eigenvalue weighted by Crippen LogP contribution is -2.78. The van der Waals surface area contributed by atoms with Gasteiger partial charge in [-0.15, -0.1) is 0 Å². The topological polar surface area (TPSA) is 154 Å². The first-order valence-corrected chi connectivity index (χ1v) is 12.9. The van der Waals surface area contributed by atoms with E-state index in [0.29, 0.717) is 5.57 Å². The Balaban J connectivity index is 2.01. The Morgan fingerprint density at radius 3 is 2.11 bits per heavy atom. The molecule has 0 radical (unpaired) electrons. The minimum absolute atomic E-state index is 0.110. The molecule has 0 aromatic heterocycles. The van der Waals surface area contributed by atoms with E-state index in [-0.39, 0.29) is 18.6 Å². The van der Waals surface area contributed by atoms with Gasteiger partial charge in [0.1, 0.15) is 11.9 Å². The maximum Gasteiger partial charge on any atom is 0.358 e. The molecule has 0 spiro atoms. The number of allylic oxidation sites excluding steroid dienone is 1. The maximum absolute atomic E-state index is 14.1. The summed E-state index contributed by atoms with van der Waals surface area (Å²) in [7, 11) is 1.08. The first kappa shape index (κ1) is 28.4. The molecule has 1 saturated heterocycles. The molecule has 210 valence electrons. The first-order valence-electron chi connectivity index (χ1n) is 12.9. The number of carbonyl (C=O) groups excluding carboxylic acids is 5. The Kier molecular flexibility index (Phi) is 6.14. The van der Waals surface area contributed by atoms with Gasteiger partial charge in [0.15, 0.2) is 5.78 Å². The van der Waals surface area contributed by atoms with Crippen molar-refractivity contribution >= 4 is 29.5 Å². The zero-order valence-corrected chi connectivity index (χ0v) is 23.2. The van der Waals surface area contributed by atoms with E-state index in [1.165, 1.54) is 20.8 Å². The zero-order chi connectivity index (χ0) is 29.0. The standard InChI is InChI=1S/C28H38O10/c1-12-10-14-26(6)16(31)11-15(30)24(3,4)18(26)17(32)20(37-13(2)29)27(14,7)19-21(33)38-28(8,23(35)36-9)22(34)25(12,19)5/h14,16-20,31-32H,1,10-11H2,2-9H3/t14-,16-,17+,18+,19-,20+,25-,26-,27+,28-/m1/s1. The second-order valence-electron chi connectivity index (χ2n) is 12.9. The van der Waals surface area contributed by atoms with Crippen LogP contribution in [0.3, 0.4) is 0 Å². The van der Waals surface area contributed by atoms with Gasteiger partial charge in [0, 0.05) is 35.5 Å². The van der Waals surface area contributed by atoms with E-state index in [2.05, 4.69) is 6.58 Å². The molecule has 10 nitrogen and oxygen atoms in total. The Labute approximate surface area is 222 Å². The fourth-order valence-electron chi connectivity index (χ4n) is 8.85. The lowest BCUT2D eigenvalue weighted by molar-refractivity contribution is -0.293. The minimum Gasteiger partial charge on any atom is -0.466 e. The third-order valence-corrected chi connectivity index (χ3v) is 10.7. The van der Waals surface area contributed by atoms with Crippen LogP contribution in [0.15, 0.2) is 12.2 Å². The predicted molar refractivity (Wildman–Crippen MR) is 131 cm³/mol. The van der Waals surface area contributed by atoms with E-state index < -0.39 is 87.0 Å². The third kappa shape index (κ3) is 3.10. The second kappa shape index (κ2) is 8.21. The van der Waals surface area contributed by atoms with Gasteiger partial charge in [0.25, 0.3) is 5.60 Å². The second-order valence-corrected chi connectivity index (χ2v) is 12.9. The van der Waals surface area contributed by atoms with Crippen LogP contribution < -0.4 is 0 Å². The molecule has 4 aliphatic rings. The van der Waals surface area contributed by atoms with Gasteiger partial charge < -0.3 is 24.4 Å². The van der Waals surface area contributed by atoms with Gasteiger partial charge in [-0.1, -0.05) is 39.8 Å². The summed E-state index contributed by atoms with van der Waals surface area (Å²) >= 11 is 0. The van der Waals surface area contributed by atoms with E-state index in [0.717, 1.165) is 7.11 Å². The van der Waals surface area contributed by atoms with Gasteiger partial charge in [-0.05, 0) is 26.2 Å². The number of cyclic esters (lactones) is 1. The number of aliphatic hydroxyl groups is 2. The number of rotatable bonds is 2. The molecular formula is C28H38O10. The Morgan fingerprint density at radius 2 is 1.58 bits per heavy atom. The van der Waals surface area contributed by atoms with Crippen LogP contribution in [0.25, 0.3) is 0 Å². The van der Waals surface area contributed by atoms with Crippen molar-refractivity contribution in [1.82, 2.24) is 0 Å². The molecule has 10 atom stereocenters. The molecule has 3 aliphatic carbocycles. The summed E-state index contributed by atoms with van der Waals surface area (Å²) in [4.78, 5) is 66.1. The highest BCUT2D eigenvalue weighted by atomic mass is 16.6. The van der Waals surface area contributed by atoms with Gasteiger partial charge in [-0.25, -0.2) is 4.79 Å². The maximum atomic E-state index is 14.1. The highest BCUT2D eigenvalue weighted by molar-refractivity contribution is 6.15. The fourth-order valence-corrected chi connectivity index (χ4v) is 8.85. The van der Waals surface area contributed by atoms with Crippen molar-refractivity contribution in [3.8, 4) is 0 Å². The Hall–Kier alpha value is -2.59. The molecule has 0 aromatic rings.